The maximum Gasteiger partial charge on any atom is 0.0608 e. The zero-order valence-electron chi connectivity index (χ0n) is 10.7. The number of hydrogen-bond donors (Lipinski definition) is 2. The second-order valence-corrected chi connectivity index (χ2v) is 5.02. The van der Waals surface area contributed by atoms with E-state index in [-0.39, 0.29) is 6.61 Å². The number of rotatable bonds is 8. The standard InChI is InChI=1S/C11H27N3O/c1-11(12,10-15)6-9-14(4)8-5-7-13(2)3/h15H,5-10,12H2,1-4H3. The molecule has 0 aromatic carbocycles. The third kappa shape index (κ3) is 8.81. The predicted molar refractivity (Wildman–Crippen MR) is 65.0 cm³/mol. The number of hydrogen-bond acceptors (Lipinski definition) is 4. The van der Waals surface area contributed by atoms with Crippen LogP contribution in [0.1, 0.15) is 19.8 Å². The molecule has 0 radical (unpaired) electrons. The molecule has 15 heavy (non-hydrogen) atoms. The van der Waals surface area contributed by atoms with Gasteiger partial charge in [0.15, 0.2) is 0 Å². The first-order valence-electron chi connectivity index (χ1n) is 5.60. The molecule has 0 aliphatic rings. The summed E-state index contributed by atoms with van der Waals surface area (Å²) in [4.78, 5) is 4.46. The normalized spacial score (nSPS) is 16.0. The minimum absolute atomic E-state index is 0.0541. The van der Waals surface area contributed by atoms with Crippen LogP contribution < -0.4 is 5.73 Å². The molecule has 0 aliphatic heterocycles. The Morgan fingerprint density at radius 1 is 1.13 bits per heavy atom. The van der Waals surface area contributed by atoms with E-state index in [2.05, 4.69) is 30.9 Å². The van der Waals surface area contributed by atoms with Crippen LogP contribution in [0.15, 0.2) is 0 Å². The second-order valence-electron chi connectivity index (χ2n) is 5.02. The van der Waals surface area contributed by atoms with Crippen molar-refractivity contribution in [3.8, 4) is 0 Å². The minimum atomic E-state index is -0.435. The molecular formula is C11H27N3O. The molecule has 0 aliphatic carbocycles. The largest absolute Gasteiger partial charge is 0.394 e. The van der Waals surface area contributed by atoms with Gasteiger partial charge in [-0.1, -0.05) is 0 Å². The van der Waals surface area contributed by atoms with Gasteiger partial charge in [0.1, 0.15) is 0 Å². The molecule has 0 rings (SSSR count). The van der Waals surface area contributed by atoms with Crippen LogP contribution >= 0.6 is 0 Å². The summed E-state index contributed by atoms with van der Waals surface area (Å²) in [5.41, 5.74) is 5.42. The van der Waals surface area contributed by atoms with Gasteiger partial charge in [0.2, 0.25) is 0 Å². The van der Waals surface area contributed by atoms with Crippen LogP contribution in [0.4, 0.5) is 0 Å². The fraction of sp³-hybridized carbons (Fsp3) is 1.00. The molecule has 0 saturated heterocycles. The summed E-state index contributed by atoms with van der Waals surface area (Å²) in [5.74, 6) is 0. The third-order valence-corrected chi connectivity index (χ3v) is 2.57. The summed E-state index contributed by atoms with van der Waals surface area (Å²) < 4.78 is 0. The molecule has 1 unspecified atom stereocenters. The van der Waals surface area contributed by atoms with Crippen molar-refractivity contribution in [1.29, 1.82) is 0 Å². The van der Waals surface area contributed by atoms with Crippen LogP contribution in [0.2, 0.25) is 0 Å². The lowest BCUT2D eigenvalue weighted by Crippen LogP contribution is -2.43. The average Bonchev–Trinajstić information content (AvgIpc) is 2.14. The lowest BCUT2D eigenvalue weighted by Gasteiger charge is -2.25. The van der Waals surface area contributed by atoms with Crippen molar-refractivity contribution in [2.75, 3.05) is 47.4 Å². The Balaban J connectivity index is 3.53. The molecule has 3 N–H and O–H groups in total. The van der Waals surface area contributed by atoms with Crippen molar-refractivity contribution < 1.29 is 5.11 Å². The number of aliphatic hydroxyl groups excluding tert-OH is 1. The first kappa shape index (κ1) is 14.8. The number of nitrogens with two attached hydrogens (primary N) is 1. The summed E-state index contributed by atoms with van der Waals surface area (Å²) in [6.45, 7) is 5.09. The number of nitrogens with zero attached hydrogens (tertiary/aromatic N) is 2. The second kappa shape index (κ2) is 7.17. The van der Waals surface area contributed by atoms with Gasteiger partial charge in [-0.2, -0.15) is 0 Å². The topological polar surface area (TPSA) is 52.7 Å². The van der Waals surface area contributed by atoms with Gasteiger partial charge < -0.3 is 20.6 Å². The Morgan fingerprint density at radius 2 is 1.73 bits per heavy atom. The lowest BCUT2D eigenvalue weighted by molar-refractivity contribution is 0.182. The SMILES string of the molecule is CN(C)CCCN(C)CCC(C)(N)CO. The van der Waals surface area contributed by atoms with Gasteiger partial charge in [0, 0.05) is 5.54 Å². The van der Waals surface area contributed by atoms with E-state index in [9.17, 15) is 0 Å². The van der Waals surface area contributed by atoms with Crippen molar-refractivity contribution in [3.05, 3.63) is 0 Å². The van der Waals surface area contributed by atoms with Crippen molar-refractivity contribution in [2.45, 2.75) is 25.3 Å². The van der Waals surface area contributed by atoms with Crippen LogP contribution in [-0.4, -0.2) is 67.8 Å². The van der Waals surface area contributed by atoms with E-state index in [1.165, 1.54) is 6.42 Å². The van der Waals surface area contributed by atoms with Crippen molar-refractivity contribution >= 4 is 0 Å². The van der Waals surface area contributed by atoms with E-state index >= 15 is 0 Å². The molecular weight excluding hydrogens is 190 g/mol. The highest BCUT2D eigenvalue weighted by Gasteiger charge is 2.17. The fourth-order valence-corrected chi connectivity index (χ4v) is 1.29. The molecule has 0 fully saturated rings. The highest BCUT2D eigenvalue weighted by Crippen LogP contribution is 2.05. The van der Waals surface area contributed by atoms with E-state index in [4.69, 9.17) is 10.8 Å². The molecule has 0 heterocycles. The average molecular weight is 217 g/mol. The monoisotopic (exact) mass is 217 g/mol. The molecule has 4 heteroatoms. The molecule has 1 atom stereocenters. The summed E-state index contributed by atoms with van der Waals surface area (Å²) in [7, 11) is 6.27. The van der Waals surface area contributed by atoms with E-state index in [0.29, 0.717) is 0 Å². The third-order valence-electron chi connectivity index (χ3n) is 2.57. The molecule has 0 bridgehead atoms. The van der Waals surface area contributed by atoms with Gasteiger partial charge in [-0.15, -0.1) is 0 Å². The van der Waals surface area contributed by atoms with Gasteiger partial charge in [-0.05, 0) is 60.5 Å². The van der Waals surface area contributed by atoms with Crippen molar-refractivity contribution in [1.82, 2.24) is 9.80 Å². The molecule has 0 aromatic heterocycles. The quantitative estimate of drug-likeness (QED) is 0.599. The molecule has 0 spiro atoms. The molecule has 0 aromatic rings. The smallest absolute Gasteiger partial charge is 0.0608 e. The summed E-state index contributed by atoms with van der Waals surface area (Å²) in [6.07, 6.45) is 2.01. The van der Waals surface area contributed by atoms with Crippen molar-refractivity contribution in [3.63, 3.8) is 0 Å². The molecule has 0 saturated carbocycles. The lowest BCUT2D eigenvalue weighted by atomic mass is 10.0. The first-order valence-corrected chi connectivity index (χ1v) is 5.60. The highest BCUT2D eigenvalue weighted by atomic mass is 16.3. The maximum atomic E-state index is 9.01. The van der Waals surface area contributed by atoms with Crippen LogP contribution in [0.25, 0.3) is 0 Å². The Labute approximate surface area is 94.0 Å². The van der Waals surface area contributed by atoms with Gasteiger partial charge >= 0.3 is 0 Å². The van der Waals surface area contributed by atoms with Crippen LogP contribution in [0.3, 0.4) is 0 Å². The zero-order chi connectivity index (χ0) is 11.9. The van der Waals surface area contributed by atoms with Crippen LogP contribution in [0, 0.1) is 0 Å². The summed E-state index contributed by atoms with van der Waals surface area (Å²) in [5, 5.41) is 9.01. The van der Waals surface area contributed by atoms with Gasteiger partial charge in [-0.3, -0.25) is 0 Å². The number of aliphatic hydroxyl groups is 1. The molecule has 4 nitrogen and oxygen atoms in total. The first-order chi connectivity index (χ1) is 6.87. The Bertz CT molecular complexity index is 160. The predicted octanol–water partition coefficient (Wildman–Crippen LogP) is -0.0303. The van der Waals surface area contributed by atoms with Crippen LogP contribution in [0.5, 0.6) is 0 Å². The van der Waals surface area contributed by atoms with E-state index in [1.54, 1.807) is 0 Å². The Hall–Kier alpha value is -0.160. The van der Waals surface area contributed by atoms with E-state index in [1.807, 2.05) is 6.92 Å². The fourth-order valence-electron chi connectivity index (χ4n) is 1.29. The van der Waals surface area contributed by atoms with Gasteiger partial charge in [0.25, 0.3) is 0 Å². The molecule has 0 amide bonds. The highest BCUT2D eigenvalue weighted by molar-refractivity contribution is 4.78. The zero-order valence-corrected chi connectivity index (χ0v) is 10.7. The maximum absolute atomic E-state index is 9.01. The van der Waals surface area contributed by atoms with Crippen LogP contribution in [-0.2, 0) is 0 Å². The van der Waals surface area contributed by atoms with Gasteiger partial charge in [-0.25, -0.2) is 0 Å². The minimum Gasteiger partial charge on any atom is -0.394 e. The Kier molecular flexibility index (Phi) is 7.09. The van der Waals surface area contributed by atoms with E-state index < -0.39 is 5.54 Å². The van der Waals surface area contributed by atoms with Gasteiger partial charge in [0.05, 0.1) is 6.61 Å². The Morgan fingerprint density at radius 3 is 2.20 bits per heavy atom. The summed E-state index contributed by atoms with van der Waals surface area (Å²) >= 11 is 0. The summed E-state index contributed by atoms with van der Waals surface area (Å²) in [6, 6.07) is 0. The van der Waals surface area contributed by atoms with Crippen molar-refractivity contribution in [2.24, 2.45) is 5.73 Å². The molecule has 92 valence electrons. The van der Waals surface area contributed by atoms with E-state index in [0.717, 1.165) is 26.1 Å².